The molecule has 1 aromatic rings. The van der Waals surface area contributed by atoms with Crippen LogP contribution in [0.4, 0.5) is 5.00 Å². The van der Waals surface area contributed by atoms with Gasteiger partial charge in [-0.2, -0.15) is 11.8 Å². The van der Waals surface area contributed by atoms with Crippen molar-refractivity contribution in [3.05, 3.63) is 5.69 Å². The molecule has 16 heavy (non-hydrogen) atoms. The summed E-state index contributed by atoms with van der Waals surface area (Å²) in [5.41, 5.74) is 3.62. The van der Waals surface area contributed by atoms with Gasteiger partial charge in [-0.1, -0.05) is 11.4 Å². The van der Waals surface area contributed by atoms with Crippen LogP contribution < -0.4 is 11.3 Å². The number of nitrogens with two attached hydrogens (primary N) is 1. The van der Waals surface area contributed by atoms with Gasteiger partial charge in [0.05, 0.1) is 0 Å². The van der Waals surface area contributed by atoms with Crippen LogP contribution in [0.5, 0.6) is 0 Å². The molecule has 1 fully saturated rings. The Morgan fingerprint density at radius 3 is 3.25 bits per heavy atom. The minimum atomic E-state index is 0.759. The second-order valence-corrected chi connectivity index (χ2v) is 5.99. The maximum Gasteiger partial charge on any atom is 0.148 e. The molecular weight excluding hydrogens is 242 g/mol. The van der Waals surface area contributed by atoms with E-state index in [4.69, 9.17) is 5.84 Å². The molecule has 1 unspecified atom stereocenters. The molecular formula is C9H17N5S2. The smallest absolute Gasteiger partial charge is 0.148 e. The van der Waals surface area contributed by atoms with Crippen molar-refractivity contribution in [1.29, 1.82) is 0 Å². The quantitative estimate of drug-likeness (QED) is 0.624. The normalized spacial score (nSPS) is 22.2. The van der Waals surface area contributed by atoms with Crippen molar-refractivity contribution in [1.82, 2.24) is 14.5 Å². The van der Waals surface area contributed by atoms with Crippen LogP contribution in [-0.4, -0.2) is 38.6 Å². The van der Waals surface area contributed by atoms with E-state index < -0.39 is 0 Å². The molecule has 5 nitrogen and oxygen atoms in total. The maximum atomic E-state index is 5.41. The average Bonchev–Trinajstić information content (AvgIpc) is 2.76. The third-order valence-corrected chi connectivity index (χ3v) is 4.81. The second-order valence-electron chi connectivity index (χ2n) is 3.83. The van der Waals surface area contributed by atoms with Gasteiger partial charge in [0, 0.05) is 42.2 Å². The van der Waals surface area contributed by atoms with E-state index in [9.17, 15) is 0 Å². The summed E-state index contributed by atoms with van der Waals surface area (Å²) in [5.74, 6) is 6.62. The highest BCUT2D eigenvalue weighted by molar-refractivity contribution is 8.00. The summed E-state index contributed by atoms with van der Waals surface area (Å²) in [4.78, 5) is 2.43. The van der Waals surface area contributed by atoms with Crippen molar-refractivity contribution in [2.24, 2.45) is 5.84 Å². The molecule has 0 aliphatic carbocycles. The first-order chi connectivity index (χ1) is 7.83. The zero-order valence-electron chi connectivity index (χ0n) is 9.35. The zero-order valence-corrected chi connectivity index (χ0v) is 11.0. The predicted molar refractivity (Wildman–Crippen MR) is 69.5 cm³/mol. The van der Waals surface area contributed by atoms with Gasteiger partial charge in [-0.25, -0.2) is 5.84 Å². The van der Waals surface area contributed by atoms with E-state index in [1.165, 1.54) is 23.7 Å². The first-order valence-corrected chi connectivity index (χ1v) is 7.27. The first-order valence-electron chi connectivity index (χ1n) is 5.45. The minimum absolute atomic E-state index is 0.759. The van der Waals surface area contributed by atoms with Crippen LogP contribution >= 0.6 is 23.3 Å². The molecule has 2 heterocycles. The molecule has 7 heteroatoms. The molecule has 1 aliphatic rings. The number of nitrogens with one attached hydrogen (secondary N) is 1. The molecule has 0 radical (unpaired) electrons. The van der Waals surface area contributed by atoms with E-state index in [0.717, 1.165) is 35.6 Å². The van der Waals surface area contributed by atoms with Crippen molar-refractivity contribution in [2.45, 2.75) is 25.1 Å². The molecule has 1 atom stereocenters. The average molecular weight is 259 g/mol. The lowest BCUT2D eigenvalue weighted by Gasteiger charge is -2.31. The fraction of sp³-hybridized carbons (Fsp3) is 0.778. The van der Waals surface area contributed by atoms with Crippen LogP contribution in [0, 0.1) is 0 Å². The van der Waals surface area contributed by atoms with Crippen molar-refractivity contribution >= 4 is 28.3 Å². The Morgan fingerprint density at radius 2 is 2.50 bits per heavy atom. The highest BCUT2D eigenvalue weighted by atomic mass is 32.2. The highest BCUT2D eigenvalue weighted by Crippen LogP contribution is 2.24. The number of anilines is 1. The molecule has 0 aromatic carbocycles. The van der Waals surface area contributed by atoms with Gasteiger partial charge in [0.15, 0.2) is 0 Å². The fourth-order valence-electron chi connectivity index (χ4n) is 1.80. The maximum absolute atomic E-state index is 5.41. The van der Waals surface area contributed by atoms with Gasteiger partial charge in [-0.3, -0.25) is 4.90 Å². The summed E-state index contributed by atoms with van der Waals surface area (Å²) in [6.07, 6.45) is 1.23. The van der Waals surface area contributed by atoms with Crippen LogP contribution in [0.2, 0.25) is 0 Å². The van der Waals surface area contributed by atoms with Crippen molar-refractivity contribution < 1.29 is 0 Å². The lowest BCUT2D eigenvalue weighted by molar-refractivity contribution is 0.270. The molecule has 1 aliphatic heterocycles. The topological polar surface area (TPSA) is 67.1 Å². The fourth-order valence-corrected chi connectivity index (χ4v) is 3.54. The summed E-state index contributed by atoms with van der Waals surface area (Å²) in [6, 6.07) is 0. The third kappa shape index (κ3) is 2.85. The summed E-state index contributed by atoms with van der Waals surface area (Å²) in [5, 5.41) is 5.75. The number of hydrogen-bond acceptors (Lipinski definition) is 7. The van der Waals surface area contributed by atoms with Crippen LogP contribution in [0.25, 0.3) is 0 Å². The van der Waals surface area contributed by atoms with Crippen molar-refractivity contribution in [3.63, 3.8) is 0 Å². The monoisotopic (exact) mass is 259 g/mol. The molecule has 0 amide bonds. The molecule has 0 bridgehead atoms. The Bertz CT molecular complexity index is 329. The predicted octanol–water partition coefficient (Wildman–Crippen LogP) is 1.15. The van der Waals surface area contributed by atoms with E-state index in [0.29, 0.717) is 0 Å². The van der Waals surface area contributed by atoms with E-state index in [-0.39, 0.29) is 0 Å². The molecule has 90 valence electrons. The Hall–Kier alpha value is -0.370. The van der Waals surface area contributed by atoms with E-state index in [1.807, 2.05) is 0 Å². The lowest BCUT2D eigenvalue weighted by Crippen LogP contribution is -2.37. The van der Waals surface area contributed by atoms with Gasteiger partial charge < -0.3 is 5.43 Å². The van der Waals surface area contributed by atoms with Gasteiger partial charge in [-0.15, -0.1) is 5.10 Å². The Morgan fingerprint density at radius 1 is 1.62 bits per heavy atom. The number of hydrazine groups is 1. The zero-order chi connectivity index (χ0) is 11.4. The third-order valence-electron chi connectivity index (χ3n) is 2.74. The number of hydrogen-bond donors (Lipinski definition) is 2. The number of aromatic nitrogens is 2. The number of nitrogens with zero attached hydrogens (tertiary/aromatic N) is 3. The van der Waals surface area contributed by atoms with Crippen molar-refractivity contribution in [2.75, 3.05) is 24.3 Å². The SMILES string of the molecule is CCC1CN(Cc2nnsc2NN)CCS1. The van der Waals surface area contributed by atoms with Gasteiger partial charge >= 0.3 is 0 Å². The molecule has 2 rings (SSSR count). The van der Waals surface area contributed by atoms with Gasteiger partial charge in [0.2, 0.25) is 0 Å². The summed E-state index contributed by atoms with van der Waals surface area (Å²) in [7, 11) is 0. The number of nitrogen functional groups attached to an aromatic ring is 1. The Balaban J connectivity index is 1.93. The van der Waals surface area contributed by atoms with E-state index >= 15 is 0 Å². The lowest BCUT2D eigenvalue weighted by atomic mass is 10.3. The van der Waals surface area contributed by atoms with Gasteiger partial charge in [0.1, 0.15) is 10.7 Å². The first kappa shape index (κ1) is 12.1. The summed E-state index contributed by atoms with van der Waals surface area (Å²) >= 11 is 3.39. The molecule has 0 saturated carbocycles. The largest absolute Gasteiger partial charge is 0.313 e. The molecule has 1 saturated heterocycles. The second kappa shape index (κ2) is 5.81. The highest BCUT2D eigenvalue weighted by Gasteiger charge is 2.20. The van der Waals surface area contributed by atoms with Gasteiger partial charge in [-0.05, 0) is 6.42 Å². The number of rotatable bonds is 4. The number of thioether (sulfide) groups is 1. The Kier molecular flexibility index (Phi) is 4.39. The standard InChI is InChI=1S/C9H17N5S2/c1-2-7-5-14(3-4-15-7)6-8-9(11-10)16-13-12-8/h7,11H,2-6,10H2,1H3. The summed E-state index contributed by atoms with van der Waals surface area (Å²) < 4.78 is 3.91. The Labute approximate surface area is 104 Å². The molecule has 3 N–H and O–H groups in total. The molecule has 1 aromatic heterocycles. The van der Waals surface area contributed by atoms with Crippen LogP contribution in [0.3, 0.4) is 0 Å². The van der Waals surface area contributed by atoms with E-state index in [1.54, 1.807) is 0 Å². The van der Waals surface area contributed by atoms with Gasteiger partial charge in [0.25, 0.3) is 0 Å². The van der Waals surface area contributed by atoms with Crippen molar-refractivity contribution in [3.8, 4) is 0 Å². The summed E-state index contributed by atoms with van der Waals surface area (Å²) in [6.45, 7) is 5.37. The van der Waals surface area contributed by atoms with Crippen LogP contribution in [0.15, 0.2) is 0 Å². The van der Waals surface area contributed by atoms with E-state index in [2.05, 4.69) is 38.6 Å². The van der Waals surface area contributed by atoms with Crippen LogP contribution in [0.1, 0.15) is 19.0 Å². The molecule has 0 spiro atoms. The minimum Gasteiger partial charge on any atom is -0.313 e. The van der Waals surface area contributed by atoms with Crippen LogP contribution in [-0.2, 0) is 6.54 Å².